The molecule has 0 fully saturated rings. The SMILES string of the molecule is c1ccc(C2(c3ccccc3)C3=C(c4cc5ccccc5cc42)C(c2ccccc2)(c2ccccc2)c2cc4cc5c(cc4cc23)C(c2ccccc2)(c2ccccc2)C2=C5C(c3ccccc3)(c3ccccc3)c3c2ccc2ccccc32)cc1. The molecule has 86 heavy (non-hydrogen) atoms. The van der Waals surface area contributed by atoms with E-state index in [0.717, 1.165) is 0 Å². The summed E-state index contributed by atoms with van der Waals surface area (Å²) >= 11 is 0. The van der Waals surface area contributed by atoms with Gasteiger partial charge in [0.05, 0.1) is 21.7 Å². The third-order valence-corrected chi connectivity index (χ3v) is 20.2. The van der Waals surface area contributed by atoms with Crippen LogP contribution in [0.15, 0.2) is 340 Å². The molecule has 0 heterocycles. The molecule has 0 saturated carbocycles. The van der Waals surface area contributed by atoms with Crippen molar-refractivity contribution in [2.75, 3.05) is 0 Å². The Morgan fingerprint density at radius 2 is 0.407 bits per heavy atom. The maximum absolute atomic E-state index is 2.64. The van der Waals surface area contributed by atoms with Crippen LogP contribution in [0.3, 0.4) is 0 Å². The molecule has 0 radical (unpaired) electrons. The molecule has 400 valence electrons. The minimum atomic E-state index is -0.745. The summed E-state index contributed by atoms with van der Waals surface area (Å²) in [6.45, 7) is 0. The average molecular weight is 1090 g/mol. The lowest BCUT2D eigenvalue weighted by molar-refractivity contribution is 0.801. The quantitative estimate of drug-likeness (QED) is 0.142. The first-order valence-electron chi connectivity index (χ1n) is 30.3. The zero-order chi connectivity index (χ0) is 56.6. The van der Waals surface area contributed by atoms with E-state index in [1.807, 2.05) is 0 Å². The molecule has 0 bridgehead atoms. The molecule has 14 aromatic rings. The van der Waals surface area contributed by atoms with Crippen molar-refractivity contribution in [3.63, 3.8) is 0 Å². The van der Waals surface area contributed by atoms with Crippen molar-refractivity contribution in [2.24, 2.45) is 0 Å². The molecule has 0 saturated heterocycles. The van der Waals surface area contributed by atoms with Gasteiger partial charge in [-0.1, -0.05) is 303 Å². The van der Waals surface area contributed by atoms with Crippen LogP contribution in [0.25, 0.3) is 54.6 Å². The molecular weight excluding hydrogens is 1030 g/mol. The largest absolute Gasteiger partial charge is 0.0722 e. The third kappa shape index (κ3) is 6.22. The number of allylic oxidation sites excluding steroid dienone is 4. The van der Waals surface area contributed by atoms with E-state index in [2.05, 4.69) is 340 Å². The summed E-state index contributed by atoms with van der Waals surface area (Å²) in [4.78, 5) is 0. The summed E-state index contributed by atoms with van der Waals surface area (Å²) in [6, 6.07) is 130. The van der Waals surface area contributed by atoms with E-state index in [9.17, 15) is 0 Å². The fourth-order valence-electron chi connectivity index (χ4n) is 17.2. The molecule has 0 spiro atoms. The van der Waals surface area contributed by atoms with Crippen molar-refractivity contribution >= 4 is 54.6 Å². The molecule has 0 atom stereocenters. The van der Waals surface area contributed by atoms with Gasteiger partial charge in [0.2, 0.25) is 0 Å². The van der Waals surface area contributed by atoms with Gasteiger partial charge in [0, 0.05) is 0 Å². The van der Waals surface area contributed by atoms with Crippen LogP contribution in [0.5, 0.6) is 0 Å². The summed E-state index contributed by atoms with van der Waals surface area (Å²) in [5.74, 6) is 0. The molecule has 14 aromatic carbocycles. The summed E-state index contributed by atoms with van der Waals surface area (Å²) in [5, 5.41) is 7.39. The number of benzene rings is 14. The first kappa shape index (κ1) is 48.8. The molecule has 0 unspecified atom stereocenters. The van der Waals surface area contributed by atoms with Gasteiger partial charge < -0.3 is 0 Å². The van der Waals surface area contributed by atoms with E-state index >= 15 is 0 Å². The van der Waals surface area contributed by atoms with Crippen LogP contribution in [-0.2, 0) is 21.7 Å². The van der Waals surface area contributed by atoms with Crippen LogP contribution in [0.1, 0.15) is 89.0 Å². The predicted molar refractivity (Wildman–Crippen MR) is 357 cm³/mol. The van der Waals surface area contributed by atoms with E-state index < -0.39 is 21.7 Å². The highest BCUT2D eigenvalue weighted by atomic mass is 14.6. The van der Waals surface area contributed by atoms with Crippen LogP contribution >= 0.6 is 0 Å². The lowest BCUT2D eigenvalue weighted by atomic mass is 9.62. The molecule has 0 amide bonds. The van der Waals surface area contributed by atoms with Gasteiger partial charge in [0.15, 0.2) is 0 Å². The highest BCUT2D eigenvalue weighted by molar-refractivity contribution is 6.21. The van der Waals surface area contributed by atoms with Crippen molar-refractivity contribution in [3.05, 3.63) is 429 Å². The normalized spacial score (nSPS) is 16.0. The third-order valence-electron chi connectivity index (χ3n) is 20.2. The topological polar surface area (TPSA) is 0 Å². The molecule has 0 heteroatoms. The minimum Gasteiger partial charge on any atom is -0.0622 e. The number of hydrogen-bond acceptors (Lipinski definition) is 0. The molecule has 0 nitrogen and oxygen atoms in total. The van der Waals surface area contributed by atoms with Crippen molar-refractivity contribution in [1.82, 2.24) is 0 Å². The predicted octanol–water partition coefficient (Wildman–Crippen LogP) is 20.4. The Kier molecular flexibility index (Phi) is 10.5. The Hall–Kier alpha value is -10.7. The molecule has 4 aliphatic rings. The molecule has 18 rings (SSSR count). The van der Waals surface area contributed by atoms with Crippen LogP contribution < -0.4 is 0 Å². The van der Waals surface area contributed by atoms with Gasteiger partial charge in [-0.3, -0.25) is 0 Å². The number of fused-ring (bicyclic) bond motifs is 12. The van der Waals surface area contributed by atoms with Crippen LogP contribution in [0.4, 0.5) is 0 Å². The highest BCUT2D eigenvalue weighted by Crippen LogP contribution is 2.73. The zero-order valence-electron chi connectivity index (χ0n) is 47.3. The summed E-state index contributed by atoms with van der Waals surface area (Å²) < 4.78 is 0. The molecular formula is C86H56. The Labute approximate surface area is 502 Å². The fourth-order valence-corrected chi connectivity index (χ4v) is 17.2. The van der Waals surface area contributed by atoms with Crippen LogP contribution in [-0.4, -0.2) is 0 Å². The molecule has 0 N–H and O–H groups in total. The summed E-state index contributed by atoms with van der Waals surface area (Å²) in [6.07, 6.45) is 0. The standard InChI is InChI=1S/C86H56/c1-9-32-62(33-10-1)83(63-34-11-2-12-35-63)77-56-60-52-73-76(55-61(60)53-74(77)82-79(83)71-50-49-57-29-27-28-48-70(57)78(71)86(82,68-44-21-7-22-45-68)69-46-23-8-24-47-69)85(66-40-17-5-18-41-66,67-42-19-6-20-43-67)80-72-51-58-30-25-26-31-59(58)54-75(72)84(81(73)80,64-36-13-3-14-37-64)65-38-15-4-16-39-65/h1-56H. The van der Waals surface area contributed by atoms with E-state index in [0.29, 0.717) is 0 Å². The second-order valence-corrected chi connectivity index (χ2v) is 24.0. The van der Waals surface area contributed by atoms with Crippen LogP contribution in [0.2, 0.25) is 0 Å². The monoisotopic (exact) mass is 1090 g/mol. The number of hydrogen-bond donors (Lipinski definition) is 0. The maximum Gasteiger partial charge on any atom is 0.0722 e. The minimum absolute atomic E-state index is 0.709. The fraction of sp³-hybridized carbons (Fsp3) is 0.0465. The Bertz CT molecular complexity index is 4940. The van der Waals surface area contributed by atoms with Crippen molar-refractivity contribution < 1.29 is 0 Å². The maximum atomic E-state index is 2.64. The van der Waals surface area contributed by atoms with Crippen molar-refractivity contribution in [3.8, 4) is 0 Å². The van der Waals surface area contributed by atoms with E-state index in [4.69, 9.17) is 0 Å². The Morgan fingerprint density at radius 3 is 0.756 bits per heavy atom. The van der Waals surface area contributed by atoms with Gasteiger partial charge in [-0.15, -0.1) is 0 Å². The second-order valence-electron chi connectivity index (χ2n) is 24.0. The van der Waals surface area contributed by atoms with E-state index in [1.165, 1.54) is 144 Å². The smallest absolute Gasteiger partial charge is 0.0622 e. The van der Waals surface area contributed by atoms with Gasteiger partial charge in [-0.25, -0.2) is 0 Å². The van der Waals surface area contributed by atoms with Crippen LogP contribution in [0, 0.1) is 0 Å². The van der Waals surface area contributed by atoms with Gasteiger partial charge in [-0.2, -0.15) is 0 Å². The number of rotatable bonds is 8. The van der Waals surface area contributed by atoms with E-state index in [-0.39, 0.29) is 0 Å². The first-order chi connectivity index (χ1) is 42.7. The van der Waals surface area contributed by atoms with Crippen molar-refractivity contribution in [1.29, 1.82) is 0 Å². The molecule has 0 aromatic heterocycles. The van der Waals surface area contributed by atoms with Crippen molar-refractivity contribution in [2.45, 2.75) is 21.7 Å². The first-order valence-corrected chi connectivity index (χ1v) is 30.3. The summed E-state index contributed by atoms with van der Waals surface area (Å²) in [7, 11) is 0. The molecule has 0 aliphatic heterocycles. The van der Waals surface area contributed by atoms with Gasteiger partial charge in [0.25, 0.3) is 0 Å². The Balaban J connectivity index is 1.05. The summed E-state index contributed by atoms with van der Waals surface area (Å²) in [5.41, 5.74) is 22.8. The van der Waals surface area contributed by atoms with Gasteiger partial charge in [-0.05, 0) is 180 Å². The molecule has 4 aliphatic carbocycles. The lowest BCUT2D eigenvalue weighted by Crippen LogP contribution is -2.31. The van der Waals surface area contributed by atoms with Gasteiger partial charge >= 0.3 is 0 Å². The zero-order valence-corrected chi connectivity index (χ0v) is 47.3. The second kappa shape index (κ2) is 18.4. The average Bonchev–Trinajstić information content (AvgIpc) is 1.50. The Morgan fingerprint density at radius 1 is 0.163 bits per heavy atom. The lowest BCUT2D eigenvalue weighted by Gasteiger charge is -2.39. The highest BCUT2D eigenvalue weighted by Gasteiger charge is 2.62. The van der Waals surface area contributed by atoms with E-state index in [1.54, 1.807) is 0 Å². The van der Waals surface area contributed by atoms with Gasteiger partial charge in [0.1, 0.15) is 0 Å².